The maximum atomic E-state index is 14.2. The van der Waals surface area contributed by atoms with Crippen molar-refractivity contribution in [1.82, 2.24) is 36.1 Å². The molecule has 4 N–H and O–H groups in total. The van der Waals surface area contributed by atoms with Crippen molar-refractivity contribution >= 4 is 35.3 Å². The third-order valence-electron chi connectivity index (χ3n) is 8.73. The molecule has 44 heavy (non-hydrogen) atoms. The highest BCUT2D eigenvalue weighted by Gasteiger charge is 2.52. The Morgan fingerprint density at radius 3 is 2.34 bits per heavy atom. The topological polar surface area (TPSA) is 180 Å². The van der Waals surface area contributed by atoms with Crippen LogP contribution in [0.1, 0.15) is 90.1 Å². The highest BCUT2D eigenvalue weighted by Crippen LogP contribution is 2.43. The van der Waals surface area contributed by atoms with Crippen LogP contribution in [0.25, 0.3) is 0 Å². The summed E-state index contributed by atoms with van der Waals surface area (Å²) >= 11 is 0. The lowest BCUT2D eigenvalue weighted by molar-refractivity contribution is -0.146. The number of hydrogen-bond donors (Lipinski definition) is 4. The van der Waals surface area contributed by atoms with Gasteiger partial charge in [0.15, 0.2) is 0 Å². The van der Waals surface area contributed by atoms with E-state index in [9.17, 15) is 28.8 Å². The third-order valence-corrected chi connectivity index (χ3v) is 8.73. The van der Waals surface area contributed by atoms with E-state index in [0.717, 1.165) is 32.1 Å². The summed E-state index contributed by atoms with van der Waals surface area (Å²) in [6.07, 6.45) is 9.22. The standard InChI is InChI=1S/C31H45N7O6/c1-6-8-21(24(39)29(43)35-19-11-12-19)36-28(42)23-20-10-7-9-18(20)16-38(23)30(44)25(31(3,4)5)37-26(40)17(2)34-27(41)22-15-32-13-14-33-22/h13-15,17-21,23,25H,6-12,16H2,1-5H3,(H,34,41)(H,35,43)(H,36,42)(H,37,40)/t17-,18+,20-,21-,23-,25-/m0/s1. The molecule has 6 atom stereocenters. The normalized spacial score (nSPS) is 23.1. The molecular weight excluding hydrogens is 566 g/mol. The van der Waals surface area contributed by atoms with Crippen molar-refractivity contribution in [2.45, 2.75) is 110 Å². The Hall–Kier alpha value is -3.90. The maximum Gasteiger partial charge on any atom is 0.289 e. The van der Waals surface area contributed by atoms with E-state index in [-0.39, 0.29) is 23.6 Å². The Balaban J connectivity index is 1.49. The number of amides is 5. The first-order chi connectivity index (χ1) is 20.8. The van der Waals surface area contributed by atoms with Crippen molar-refractivity contribution in [3.05, 3.63) is 24.3 Å². The molecule has 240 valence electrons. The van der Waals surface area contributed by atoms with Crippen molar-refractivity contribution in [3.8, 4) is 0 Å². The molecule has 1 aliphatic heterocycles. The molecule has 5 amide bonds. The zero-order chi connectivity index (χ0) is 32.2. The molecule has 0 bridgehead atoms. The lowest BCUT2D eigenvalue weighted by Crippen LogP contribution is -2.61. The van der Waals surface area contributed by atoms with Crippen LogP contribution in [0, 0.1) is 17.3 Å². The Kier molecular flexibility index (Phi) is 10.4. The summed E-state index contributed by atoms with van der Waals surface area (Å²) in [5.41, 5.74) is -0.681. The van der Waals surface area contributed by atoms with Gasteiger partial charge in [0.1, 0.15) is 23.8 Å². The highest BCUT2D eigenvalue weighted by atomic mass is 16.2. The van der Waals surface area contributed by atoms with E-state index in [2.05, 4.69) is 31.2 Å². The van der Waals surface area contributed by atoms with Gasteiger partial charge in [-0.15, -0.1) is 0 Å². The van der Waals surface area contributed by atoms with Crippen LogP contribution in [-0.2, 0) is 24.0 Å². The van der Waals surface area contributed by atoms with Crippen LogP contribution in [0.2, 0.25) is 0 Å². The number of likely N-dealkylation sites (tertiary alicyclic amines) is 1. The van der Waals surface area contributed by atoms with Crippen molar-refractivity contribution in [3.63, 3.8) is 0 Å². The van der Waals surface area contributed by atoms with Crippen molar-refractivity contribution in [2.24, 2.45) is 17.3 Å². The molecule has 13 nitrogen and oxygen atoms in total. The number of carbonyl (C=O) groups is 6. The molecule has 3 fully saturated rings. The van der Waals surface area contributed by atoms with E-state index in [1.165, 1.54) is 25.5 Å². The van der Waals surface area contributed by atoms with E-state index in [1.54, 1.807) is 4.90 Å². The van der Waals surface area contributed by atoms with Crippen LogP contribution in [0.3, 0.4) is 0 Å². The fourth-order valence-corrected chi connectivity index (χ4v) is 6.16. The van der Waals surface area contributed by atoms with Crippen LogP contribution >= 0.6 is 0 Å². The summed E-state index contributed by atoms with van der Waals surface area (Å²) in [5.74, 6) is -3.34. The quantitative estimate of drug-likeness (QED) is 0.252. The van der Waals surface area contributed by atoms with Gasteiger partial charge in [0.2, 0.25) is 23.5 Å². The van der Waals surface area contributed by atoms with Gasteiger partial charge in [-0.3, -0.25) is 33.8 Å². The Morgan fingerprint density at radius 2 is 1.73 bits per heavy atom. The number of nitrogens with zero attached hydrogens (tertiary/aromatic N) is 3. The number of hydrogen-bond acceptors (Lipinski definition) is 8. The summed E-state index contributed by atoms with van der Waals surface area (Å²) in [7, 11) is 0. The fourth-order valence-electron chi connectivity index (χ4n) is 6.16. The number of aromatic nitrogens is 2. The fraction of sp³-hybridized carbons (Fsp3) is 0.677. The van der Waals surface area contributed by atoms with Crippen LogP contribution in [-0.4, -0.2) is 86.9 Å². The molecule has 0 radical (unpaired) electrons. The van der Waals surface area contributed by atoms with Gasteiger partial charge < -0.3 is 26.2 Å². The largest absolute Gasteiger partial charge is 0.347 e. The minimum Gasteiger partial charge on any atom is -0.347 e. The maximum absolute atomic E-state index is 14.2. The van der Waals surface area contributed by atoms with Gasteiger partial charge in [-0.2, -0.15) is 0 Å². The second-order valence-corrected chi connectivity index (χ2v) is 13.3. The second kappa shape index (κ2) is 13.8. The predicted octanol–water partition coefficient (Wildman–Crippen LogP) is 0.886. The third kappa shape index (κ3) is 7.78. The summed E-state index contributed by atoms with van der Waals surface area (Å²) in [4.78, 5) is 88.7. The van der Waals surface area contributed by atoms with E-state index < -0.39 is 64.9 Å². The number of ketones is 1. The van der Waals surface area contributed by atoms with Gasteiger partial charge in [-0.05, 0) is 56.3 Å². The first-order valence-electron chi connectivity index (χ1n) is 15.6. The minimum absolute atomic E-state index is 0.0132. The van der Waals surface area contributed by atoms with Gasteiger partial charge in [0, 0.05) is 25.0 Å². The average molecular weight is 612 g/mol. The second-order valence-electron chi connectivity index (χ2n) is 13.3. The number of fused-ring (bicyclic) bond motifs is 1. The van der Waals surface area contributed by atoms with E-state index in [1.807, 2.05) is 27.7 Å². The van der Waals surface area contributed by atoms with Crippen LogP contribution in [0.4, 0.5) is 0 Å². The summed E-state index contributed by atoms with van der Waals surface area (Å²) < 4.78 is 0. The molecule has 2 aliphatic carbocycles. The lowest BCUT2D eigenvalue weighted by atomic mass is 9.85. The predicted molar refractivity (Wildman–Crippen MR) is 160 cm³/mol. The average Bonchev–Trinajstić information content (AvgIpc) is 3.54. The highest BCUT2D eigenvalue weighted by molar-refractivity contribution is 6.38. The Labute approximate surface area is 258 Å². The first-order valence-corrected chi connectivity index (χ1v) is 15.6. The molecule has 1 saturated heterocycles. The van der Waals surface area contributed by atoms with Crippen molar-refractivity contribution < 1.29 is 28.8 Å². The SMILES string of the molecule is CCC[C@H](NC(=O)[C@@H]1[C@H]2CCC[C@@H]2CN1C(=O)[C@H](NC(=O)[C@H](C)NC(=O)c1cnccn1)C(C)(C)C)C(=O)C(=O)NC1CC1. The number of nitrogens with one attached hydrogen (secondary N) is 4. The smallest absolute Gasteiger partial charge is 0.289 e. The van der Waals surface area contributed by atoms with Gasteiger partial charge in [0.25, 0.3) is 11.8 Å². The number of rotatable bonds is 12. The monoisotopic (exact) mass is 611 g/mol. The zero-order valence-corrected chi connectivity index (χ0v) is 26.2. The molecule has 0 unspecified atom stereocenters. The van der Waals surface area contributed by atoms with E-state index in [0.29, 0.717) is 19.4 Å². The molecule has 2 saturated carbocycles. The first kappa shape index (κ1) is 33.0. The summed E-state index contributed by atoms with van der Waals surface area (Å²) in [6, 6.07) is -3.79. The summed E-state index contributed by atoms with van der Waals surface area (Å²) in [6.45, 7) is 9.19. The van der Waals surface area contributed by atoms with Gasteiger partial charge in [0.05, 0.1) is 12.2 Å². The number of Topliss-reactive ketones (excluding diaryl/α,β-unsaturated/α-hetero) is 1. The molecule has 0 aromatic carbocycles. The molecule has 1 aromatic rings. The van der Waals surface area contributed by atoms with Gasteiger partial charge in [-0.1, -0.05) is 40.5 Å². The Bertz CT molecular complexity index is 1260. The molecular formula is C31H45N7O6. The van der Waals surface area contributed by atoms with E-state index in [4.69, 9.17) is 0 Å². The summed E-state index contributed by atoms with van der Waals surface area (Å²) in [5, 5.41) is 10.9. The van der Waals surface area contributed by atoms with Crippen LogP contribution in [0.5, 0.6) is 0 Å². The van der Waals surface area contributed by atoms with Crippen molar-refractivity contribution in [1.29, 1.82) is 0 Å². The number of carbonyl (C=O) groups excluding carboxylic acids is 6. The van der Waals surface area contributed by atoms with E-state index >= 15 is 0 Å². The molecule has 0 spiro atoms. The molecule has 4 rings (SSSR count). The van der Waals surface area contributed by atoms with Crippen LogP contribution in [0.15, 0.2) is 18.6 Å². The van der Waals surface area contributed by atoms with Gasteiger partial charge >= 0.3 is 0 Å². The van der Waals surface area contributed by atoms with Gasteiger partial charge in [-0.25, -0.2) is 4.98 Å². The zero-order valence-electron chi connectivity index (χ0n) is 26.2. The molecule has 13 heteroatoms. The minimum atomic E-state index is -1.00. The van der Waals surface area contributed by atoms with Crippen molar-refractivity contribution in [2.75, 3.05) is 6.54 Å². The van der Waals surface area contributed by atoms with Crippen LogP contribution < -0.4 is 21.3 Å². The molecule has 3 aliphatic rings. The Morgan fingerprint density at radius 1 is 1.00 bits per heavy atom. The molecule has 2 heterocycles. The molecule has 1 aromatic heterocycles. The lowest BCUT2D eigenvalue weighted by Gasteiger charge is -2.37.